The zero-order valence-electron chi connectivity index (χ0n) is 10.8. The van der Waals surface area contributed by atoms with Crippen molar-refractivity contribution in [2.24, 2.45) is 10.2 Å². The van der Waals surface area contributed by atoms with Crippen LogP contribution in [0.15, 0.2) is 64.8 Å². The van der Waals surface area contributed by atoms with Gasteiger partial charge in [-0.2, -0.15) is 0 Å². The molecule has 3 rings (SSSR count). The molecular formula is C16H10Cl2N2O. The Morgan fingerprint density at radius 3 is 2.48 bits per heavy atom. The number of fused-ring (bicyclic) bond motifs is 1. The van der Waals surface area contributed by atoms with Gasteiger partial charge >= 0.3 is 0 Å². The number of hydrogen-bond acceptors (Lipinski definition) is 3. The van der Waals surface area contributed by atoms with Crippen molar-refractivity contribution in [2.75, 3.05) is 0 Å². The number of phenols is 1. The zero-order valence-corrected chi connectivity index (χ0v) is 12.3. The van der Waals surface area contributed by atoms with Gasteiger partial charge in [0.15, 0.2) is 0 Å². The molecule has 0 spiro atoms. The highest BCUT2D eigenvalue weighted by Crippen LogP contribution is 2.37. The van der Waals surface area contributed by atoms with Crippen molar-refractivity contribution < 1.29 is 5.11 Å². The first-order valence-corrected chi connectivity index (χ1v) is 6.98. The fraction of sp³-hybridized carbons (Fsp3) is 0. The molecule has 0 amide bonds. The van der Waals surface area contributed by atoms with Gasteiger partial charge in [0.25, 0.3) is 0 Å². The minimum Gasteiger partial charge on any atom is -0.506 e. The summed E-state index contributed by atoms with van der Waals surface area (Å²) >= 11 is 11.9. The summed E-state index contributed by atoms with van der Waals surface area (Å²) in [5, 5.41) is 21.0. The Bertz CT molecular complexity index is 847. The first kappa shape index (κ1) is 13.9. The van der Waals surface area contributed by atoms with Crippen LogP contribution in [0.3, 0.4) is 0 Å². The second-order valence-electron chi connectivity index (χ2n) is 4.45. The third kappa shape index (κ3) is 2.84. The van der Waals surface area contributed by atoms with E-state index < -0.39 is 0 Å². The molecule has 0 bridgehead atoms. The molecule has 104 valence electrons. The van der Waals surface area contributed by atoms with Crippen LogP contribution >= 0.6 is 23.2 Å². The summed E-state index contributed by atoms with van der Waals surface area (Å²) in [6, 6.07) is 16.0. The molecule has 1 N–H and O–H groups in total. The van der Waals surface area contributed by atoms with E-state index in [4.69, 9.17) is 23.2 Å². The van der Waals surface area contributed by atoms with Gasteiger partial charge in [-0.1, -0.05) is 53.5 Å². The summed E-state index contributed by atoms with van der Waals surface area (Å²) in [6.07, 6.45) is 0. The number of aromatic hydroxyl groups is 1. The van der Waals surface area contributed by atoms with Crippen LogP contribution in [0, 0.1) is 0 Å². The minimum absolute atomic E-state index is 0.0718. The minimum atomic E-state index is 0.0718. The summed E-state index contributed by atoms with van der Waals surface area (Å²) in [5.74, 6) is 0.0718. The molecule has 3 aromatic carbocycles. The smallest absolute Gasteiger partial charge is 0.143 e. The predicted octanol–water partition coefficient (Wildman–Crippen LogP) is 6.27. The van der Waals surface area contributed by atoms with Crippen molar-refractivity contribution in [3.63, 3.8) is 0 Å². The van der Waals surface area contributed by atoms with Gasteiger partial charge in [-0.15, -0.1) is 10.2 Å². The Hall–Kier alpha value is -2.10. The standard InChI is InChI=1S/C16H10Cl2N2O/c17-11-6-7-14(13(18)9-11)19-20-16-12-4-2-1-3-10(12)5-8-15(16)21/h1-9,21H/b20-19+. The summed E-state index contributed by atoms with van der Waals surface area (Å²) in [5.41, 5.74) is 0.910. The number of benzene rings is 3. The number of phenolic OH excluding ortho intramolecular Hbond substituents is 1. The van der Waals surface area contributed by atoms with Crippen molar-refractivity contribution in [1.29, 1.82) is 0 Å². The average Bonchev–Trinajstić information content (AvgIpc) is 2.48. The zero-order chi connectivity index (χ0) is 14.8. The molecule has 0 heterocycles. The van der Waals surface area contributed by atoms with Gasteiger partial charge in [0.05, 0.1) is 5.02 Å². The van der Waals surface area contributed by atoms with Gasteiger partial charge in [0, 0.05) is 10.4 Å². The molecule has 21 heavy (non-hydrogen) atoms. The van der Waals surface area contributed by atoms with Crippen LogP contribution < -0.4 is 0 Å². The van der Waals surface area contributed by atoms with Crippen molar-refractivity contribution in [2.45, 2.75) is 0 Å². The average molecular weight is 317 g/mol. The molecule has 0 saturated heterocycles. The van der Waals surface area contributed by atoms with Crippen LogP contribution in [0.1, 0.15) is 0 Å². The normalized spacial score (nSPS) is 11.3. The predicted molar refractivity (Wildman–Crippen MR) is 86.3 cm³/mol. The van der Waals surface area contributed by atoms with E-state index in [1.807, 2.05) is 30.3 Å². The Morgan fingerprint density at radius 2 is 1.67 bits per heavy atom. The molecule has 0 saturated carbocycles. The second-order valence-corrected chi connectivity index (χ2v) is 5.29. The van der Waals surface area contributed by atoms with Gasteiger partial charge in [0.1, 0.15) is 17.1 Å². The van der Waals surface area contributed by atoms with Gasteiger partial charge < -0.3 is 5.11 Å². The van der Waals surface area contributed by atoms with E-state index in [1.54, 1.807) is 24.3 Å². The summed E-state index contributed by atoms with van der Waals surface area (Å²) < 4.78 is 0. The topological polar surface area (TPSA) is 45.0 Å². The molecule has 0 aliphatic heterocycles. The van der Waals surface area contributed by atoms with Crippen molar-refractivity contribution in [1.82, 2.24) is 0 Å². The Morgan fingerprint density at radius 1 is 0.857 bits per heavy atom. The van der Waals surface area contributed by atoms with E-state index in [-0.39, 0.29) is 5.75 Å². The van der Waals surface area contributed by atoms with Crippen LogP contribution in [0.5, 0.6) is 5.75 Å². The van der Waals surface area contributed by atoms with Gasteiger partial charge in [-0.25, -0.2) is 0 Å². The van der Waals surface area contributed by atoms with Crippen LogP contribution in [0.2, 0.25) is 10.0 Å². The van der Waals surface area contributed by atoms with Crippen LogP contribution in [-0.2, 0) is 0 Å². The SMILES string of the molecule is Oc1ccc2ccccc2c1/N=N/c1ccc(Cl)cc1Cl. The maximum Gasteiger partial charge on any atom is 0.143 e. The van der Waals surface area contributed by atoms with E-state index in [2.05, 4.69) is 10.2 Å². The first-order chi connectivity index (χ1) is 10.1. The molecule has 3 aromatic rings. The highest BCUT2D eigenvalue weighted by atomic mass is 35.5. The fourth-order valence-corrected chi connectivity index (χ4v) is 2.46. The molecule has 0 aliphatic carbocycles. The van der Waals surface area contributed by atoms with Crippen molar-refractivity contribution in [3.8, 4) is 5.75 Å². The lowest BCUT2D eigenvalue weighted by molar-refractivity contribution is 0.477. The van der Waals surface area contributed by atoms with E-state index >= 15 is 0 Å². The number of hydrogen-bond donors (Lipinski definition) is 1. The summed E-state index contributed by atoms with van der Waals surface area (Å²) in [7, 11) is 0. The van der Waals surface area contributed by atoms with Crippen molar-refractivity contribution in [3.05, 3.63) is 64.6 Å². The maximum atomic E-state index is 9.99. The molecule has 0 aliphatic rings. The van der Waals surface area contributed by atoms with Gasteiger partial charge in [0.2, 0.25) is 0 Å². The second kappa shape index (κ2) is 5.72. The molecule has 0 atom stereocenters. The highest BCUT2D eigenvalue weighted by molar-refractivity contribution is 6.36. The molecule has 5 heteroatoms. The molecule has 0 radical (unpaired) electrons. The van der Waals surface area contributed by atoms with E-state index in [0.717, 1.165) is 10.8 Å². The summed E-state index contributed by atoms with van der Waals surface area (Å²) in [6.45, 7) is 0. The lowest BCUT2D eigenvalue weighted by Gasteiger charge is -2.04. The van der Waals surface area contributed by atoms with Crippen molar-refractivity contribution >= 4 is 45.3 Å². The quantitative estimate of drug-likeness (QED) is 0.556. The molecular weight excluding hydrogens is 307 g/mol. The number of halogens is 2. The molecule has 0 unspecified atom stereocenters. The monoisotopic (exact) mass is 316 g/mol. The molecule has 0 aromatic heterocycles. The van der Waals surface area contributed by atoms with Gasteiger partial charge in [-0.3, -0.25) is 0 Å². The third-order valence-electron chi connectivity index (χ3n) is 3.05. The molecule has 0 fully saturated rings. The van der Waals surface area contributed by atoms with E-state index in [1.165, 1.54) is 0 Å². The van der Waals surface area contributed by atoms with Gasteiger partial charge in [-0.05, 0) is 29.7 Å². The van der Waals surface area contributed by atoms with Crippen LogP contribution in [0.4, 0.5) is 11.4 Å². The number of nitrogens with zero attached hydrogens (tertiary/aromatic N) is 2. The summed E-state index contributed by atoms with van der Waals surface area (Å²) in [4.78, 5) is 0. The van der Waals surface area contributed by atoms with E-state index in [0.29, 0.717) is 21.4 Å². The lowest BCUT2D eigenvalue weighted by Crippen LogP contribution is -1.75. The number of rotatable bonds is 2. The first-order valence-electron chi connectivity index (χ1n) is 6.22. The Labute approximate surface area is 131 Å². The van der Waals surface area contributed by atoms with Crippen LogP contribution in [-0.4, -0.2) is 5.11 Å². The number of azo groups is 1. The molecule has 3 nitrogen and oxygen atoms in total. The maximum absolute atomic E-state index is 9.99. The Kier molecular flexibility index (Phi) is 3.78. The largest absolute Gasteiger partial charge is 0.506 e. The third-order valence-corrected chi connectivity index (χ3v) is 3.58. The highest BCUT2D eigenvalue weighted by Gasteiger charge is 2.06. The Balaban J connectivity index is 2.09. The fourth-order valence-electron chi connectivity index (χ4n) is 2.01. The lowest BCUT2D eigenvalue weighted by atomic mass is 10.1. The van der Waals surface area contributed by atoms with Crippen LogP contribution in [0.25, 0.3) is 10.8 Å². The van der Waals surface area contributed by atoms with E-state index in [9.17, 15) is 5.11 Å².